The van der Waals surface area contributed by atoms with E-state index in [9.17, 15) is 4.79 Å². The Morgan fingerprint density at radius 2 is 1.71 bits per heavy atom. The lowest BCUT2D eigenvalue weighted by atomic mass is 9.94. The minimum absolute atomic E-state index is 0.332. The molecule has 0 amide bonds. The molecule has 28 heavy (non-hydrogen) atoms. The average Bonchev–Trinajstić information content (AvgIpc) is 2.67. The fourth-order valence-electron chi connectivity index (χ4n) is 3.28. The molecule has 0 aliphatic carbocycles. The second-order valence-electron chi connectivity index (χ2n) is 7.88. The average molecular weight is 383 g/mol. The van der Waals surface area contributed by atoms with Gasteiger partial charge in [-0.05, 0) is 61.4 Å². The minimum atomic E-state index is -1.07. The Morgan fingerprint density at radius 1 is 1.04 bits per heavy atom. The van der Waals surface area contributed by atoms with Crippen molar-refractivity contribution in [2.45, 2.75) is 71.8 Å². The van der Waals surface area contributed by atoms with Gasteiger partial charge >= 0.3 is 5.97 Å². The standard InChI is InChI=1S/C25H34O3/c1-6-8-10-20-11-9-12-21(17-20)18-25(5,24(26)27-7-2)28-23-15-13-22(14-16-23)19(3)4/h9,11-17,19H,6-8,10,18H2,1-5H3. The second kappa shape index (κ2) is 10.3. The monoisotopic (exact) mass is 382 g/mol. The van der Waals surface area contributed by atoms with Crippen molar-refractivity contribution in [1.29, 1.82) is 0 Å². The quantitative estimate of drug-likeness (QED) is 0.466. The summed E-state index contributed by atoms with van der Waals surface area (Å²) in [6.45, 7) is 10.5. The highest BCUT2D eigenvalue weighted by atomic mass is 16.6. The highest BCUT2D eigenvalue weighted by molar-refractivity contribution is 5.80. The maximum atomic E-state index is 12.8. The molecule has 0 saturated carbocycles. The van der Waals surface area contributed by atoms with Crippen LogP contribution in [-0.2, 0) is 22.4 Å². The molecule has 3 heteroatoms. The highest BCUT2D eigenvalue weighted by Crippen LogP contribution is 2.26. The van der Waals surface area contributed by atoms with Gasteiger partial charge in [-0.3, -0.25) is 0 Å². The van der Waals surface area contributed by atoms with Gasteiger partial charge in [0, 0.05) is 6.42 Å². The van der Waals surface area contributed by atoms with Crippen LogP contribution in [0.15, 0.2) is 48.5 Å². The Morgan fingerprint density at radius 3 is 2.32 bits per heavy atom. The molecule has 0 aliphatic heterocycles. The zero-order chi connectivity index (χ0) is 20.6. The molecule has 0 N–H and O–H groups in total. The van der Waals surface area contributed by atoms with E-state index in [0.29, 0.717) is 24.7 Å². The van der Waals surface area contributed by atoms with Gasteiger partial charge in [0.1, 0.15) is 5.75 Å². The molecular weight excluding hydrogens is 348 g/mol. The number of unbranched alkanes of at least 4 members (excludes halogenated alkanes) is 1. The molecule has 0 radical (unpaired) electrons. The predicted octanol–water partition coefficient (Wildman–Crippen LogP) is 6.10. The van der Waals surface area contributed by atoms with Gasteiger partial charge in [0.2, 0.25) is 5.60 Å². The third-order valence-corrected chi connectivity index (χ3v) is 4.95. The maximum Gasteiger partial charge on any atom is 0.350 e. The number of ether oxygens (including phenoxy) is 2. The van der Waals surface area contributed by atoms with Gasteiger partial charge in [0.25, 0.3) is 0 Å². The number of esters is 1. The molecule has 0 aliphatic rings. The lowest BCUT2D eigenvalue weighted by Gasteiger charge is -2.29. The Hall–Kier alpha value is -2.29. The van der Waals surface area contributed by atoms with Crippen LogP contribution < -0.4 is 4.74 Å². The summed E-state index contributed by atoms with van der Waals surface area (Å²) < 4.78 is 11.5. The van der Waals surface area contributed by atoms with Crippen LogP contribution in [0.2, 0.25) is 0 Å². The Bertz CT molecular complexity index is 749. The summed E-state index contributed by atoms with van der Waals surface area (Å²) in [6, 6.07) is 16.4. The van der Waals surface area contributed by atoms with E-state index < -0.39 is 5.60 Å². The van der Waals surface area contributed by atoms with Crippen molar-refractivity contribution in [2.75, 3.05) is 6.61 Å². The third kappa shape index (κ3) is 6.12. The van der Waals surface area contributed by atoms with E-state index in [1.54, 1.807) is 0 Å². The molecule has 0 saturated heterocycles. The molecule has 1 unspecified atom stereocenters. The van der Waals surface area contributed by atoms with Crippen LogP contribution in [0.1, 0.15) is 70.1 Å². The van der Waals surface area contributed by atoms with E-state index in [1.807, 2.05) is 26.0 Å². The number of hydrogen-bond donors (Lipinski definition) is 0. The van der Waals surface area contributed by atoms with Crippen molar-refractivity contribution in [2.24, 2.45) is 0 Å². The van der Waals surface area contributed by atoms with Crippen LogP contribution in [0.25, 0.3) is 0 Å². The number of hydrogen-bond acceptors (Lipinski definition) is 3. The Balaban J connectivity index is 2.24. The zero-order valence-electron chi connectivity index (χ0n) is 18.0. The molecule has 0 heterocycles. The summed E-state index contributed by atoms with van der Waals surface area (Å²) >= 11 is 0. The van der Waals surface area contributed by atoms with E-state index in [0.717, 1.165) is 18.4 Å². The fraction of sp³-hybridized carbons (Fsp3) is 0.480. The molecule has 2 aromatic carbocycles. The first kappa shape index (κ1) is 22.0. The van der Waals surface area contributed by atoms with Gasteiger partial charge in [-0.2, -0.15) is 0 Å². The molecule has 0 fully saturated rings. The zero-order valence-corrected chi connectivity index (χ0v) is 18.0. The van der Waals surface area contributed by atoms with E-state index in [1.165, 1.54) is 17.5 Å². The minimum Gasteiger partial charge on any atom is -0.476 e. The summed E-state index contributed by atoms with van der Waals surface area (Å²) in [5, 5.41) is 0. The van der Waals surface area contributed by atoms with Crippen LogP contribution in [0.5, 0.6) is 5.75 Å². The van der Waals surface area contributed by atoms with Crippen LogP contribution in [-0.4, -0.2) is 18.2 Å². The van der Waals surface area contributed by atoms with E-state index in [2.05, 4.69) is 57.2 Å². The topological polar surface area (TPSA) is 35.5 Å². The van der Waals surface area contributed by atoms with Gasteiger partial charge in [0.05, 0.1) is 6.61 Å². The van der Waals surface area contributed by atoms with Crippen LogP contribution in [0, 0.1) is 0 Å². The summed E-state index contributed by atoms with van der Waals surface area (Å²) in [6.07, 6.45) is 3.85. The molecule has 0 spiro atoms. The number of aryl methyl sites for hydroxylation is 1. The first-order valence-corrected chi connectivity index (χ1v) is 10.4. The van der Waals surface area contributed by atoms with Crippen LogP contribution in [0.4, 0.5) is 0 Å². The lowest BCUT2D eigenvalue weighted by Crippen LogP contribution is -2.45. The SMILES string of the molecule is CCCCc1cccc(CC(C)(Oc2ccc(C(C)C)cc2)C(=O)OCC)c1. The van der Waals surface area contributed by atoms with Crippen LogP contribution in [0.3, 0.4) is 0 Å². The predicted molar refractivity (Wildman–Crippen MR) is 115 cm³/mol. The normalized spacial score (nSPS) is 13.2. The fourth-order valence-corrected chi connectivity index (χ4v) is 3.28. The summed E-state index contributed by atoms with van der Waals surface area (Å²) in [5.41, 5.74) is 2.56. The second-order valence-corrected chi connectivity index (χ2v) is 7.88. The smallest absolute Gasteiger partial charge is 0.350 e. The first-order valence-electron chi connectivity index (χ1n) is 10.4. The van der Waals surface area contributed by atoms with E-state index in [4.69, 9.17) is 9.47 Å². The van der Waals surface area contributed by atoms with E-state index in [-0.39, 0.29) is 5.97 Å². The summed E-state index contributed by atoms with van der Waals surface area (Å²) in [4.78, 5) is 12.8. The van der Waals surface area contributed by atoms with Crippen molar-refractivity contribution < 1.29 is 14.3 Å². The Kier molecular flexibility index (Phi) is 8.10. The summed E-state index contributed by atoms with van der Waals surface area (Å²) in [7, 11) is 0. The van der Waals surface area contributed by atoms with Crippen molar-refractivity contribution in [3.05, 3.63) is 65.2 Å². The van der Waals surface area contributed by atoms with Crippen molar-refractivity contribution in [3.8, 4) is 5.75 Å². The third-order valence-electron chi connectivity index (χ3n) is 4.95. The van der Waals surface area contributed by atoms with Crippen molar-refractivity contribution in [3.63, 3.8) is 0 Å². The van der Waals surface area contributed by atoms with Gasteiger partial charge in [-0.15, -0.1) is 0 Å². The van der Waals surface area contributed by atoms with E-state index >= 15 is 0 Å². The molecule has 0 aromatic heterocycles. The molecular formula is C25H34O3. The molecule has 0 bridgehead atoms. The number of rotatable bonds is 10. The lowest BCUT2D eigenvalue weighted by molar-refractivity contribution is -0.160. The summed E-state index contributed by atoms with van der Waals surface area (Å²) in [5.74, 6) is 0.806. The maximum absolute atomic E-state index is 12.8. The molecule has 2 rings (SSSR count). The van der Waals surface area contributed by atoms with Gasteiger partial charge in [0.15, 0.2) is 0 Å². The van der Waals surface area contributed by atoms with Gasteiger partial charge in [-0.25, -0.2) is 4.79 Å². The van der Waals surface area contributed by atoms with Crippen molar-refractivity contribution in [1.82, 2.24) is 0 Å². The molecule has 2 aromatic rings. The first-order chi connectivity index (χ1) is 13.4. The number of benzene rings is 2. The Labute approximate surface area is 170 Å². The molecule has 1 atom stereocenters. The van der Waals surface area contributed by atoms with Gasteiger partial charge < -0.3 is 9.47 Å². The molecule has 152 valence electrons. The number of carbonyl (C=O) groups is 1. The highest BCUT2D eigenvalue weighted by Gasteiger charge is 2.37. The van der Waals surface area contributed by atoms with Gasteiger partial charge in [-0.1, -0.05) is 63.6 Å². The number of carbonyl (C=O) groups excluding carboxylic acids is 1. The van der Waals surface area contributed by atoms with Crippen molar-refractivity contribution >= 4 is 5.97 Å². The largest absolute Gasteiger partial charge is 0.476 e. The van der Waals surface area contributed by atoms with Crippen LogP contribution >= 0.6 is 0 Å². The molecule has 3 nitrogen and oxygen atoms in total.